The maximum absolute atomic E-state index is 11.8. The van der Waals surface area contributed by atoms with E-state index in [1.54, 1.807) is 12.1 Å². The molecule has 1 heterocycles. The van der Waals surface area contributed by atoms with Crippen LogP contribution in [0.15, 0.2) is 48.8 Å². The summed E-state index contributed by atoms with van der Waals surface area (Å²) < 4.78 is 5.57. The molecule has 0 atom stereocenters. The van der Waals surface area contributed by atoms with Crippen molar-refractivity contribution >= 4 is 28.7 Å². The van der Waals surface area contributed by atoms with Crippen molar-refractivity contribution in [3.63, 3.8) is 0 Å². The summed E-state index contributed by atoms with van der Waals surface area (Å²) in [6.07, 6.45) is 1.28. The molecule has 8 heteroatoms. The van der Waals surface area contributed by atoms with E-state index in [4.69, 9.17) is 4.74 Å². The Morgan fingerprint density at radius 3 is 2.39 bits per heavy atom. The summed E-state index contributed by atoms with van der Waals surface area (Å²) in [5.74, 6) is 0.784. The molecule has 0 amide bonds. The lowest BCUT2D eigenvalue weighted by Crippen LogP contribution is -2.07. The van der Waals surface area contributed by atoms with E-state index < -0.39 is 4.92 Å². The van der Waals surface area contributed by atoms with E-state index >= 15 is 0 Å². The summed E-state index contributed by atoms with van der Waals surface area (Å²) in [6, 6.07) is 13.0. The van der Waals surface area contributed by atoms with Crippen molar-refractivity contribution in [3.8, 4) is 5.75 Å². The summed E-state index contributed by atoms with van der Waals surface area (Å²) in [6.45, 7) is 6.23. The second-order valence-electron chi connectivity index (χ2n) is 6.17. The summed E-state index contributed by atoms with van der Waals surface area (Å²) >= 11 is 0. The van der Waals surface area contributed by atoms with E-state index in [0.29, 0.717) is 18.0 Å². The van der Waals surface area contributed by atoms with Gasteiger partial charge < -0.3 is 15.4 Å². The Balaban J connectivity index is 2.01. The number of nitrogens with one attached hydrogen (secondary N) is 2. The Morgan fingerprint density at radius 1 is 1.04 bits per heavy atom. The third-order valence-electron chi connectivity index (χ3n) is 4.09. The zero-order valence-corrected chi connectivity index (χ0v) is 15.9. The Labute approximate surface area is 162 Å². The van der Waals surface area contributed by atoms with Crippen molar-refractivity contribution in [1.82, 2.24) is 9.97 Å². The molecule has 0 saturated heterocycles. The van der Waals surface area contributed by atoms with E-state index in [-0.39, 0.29) is 17.3 Å². The Morgan fingerprint density at radius 2 is 1.71 bits per heavy atom. The van der Waals surface area contributed by atoms with Gasteiger partial charge in [-0.3, -0.25) is 10.1 Å². The Bertz CT molecular complexity index is 1010. The first-order chi connectivity index (χ1) is 13.5. The first-order valence-corrected chi connectivity index (χ1v) is 8.82. The molecule has 0 aliphatic carbocycles. The molecule has 0 saturated carbocycles. The standard InChI is InChI=1S/C20H21N5O3/c1-4-28-17-8-6-5-7-15(17)23-19-18(25(26)27)20(22-12-21-19)24-16-11-13(2)9-10-14(16)3/h5-12H,4H2,1-3H3,(H2,21,22,23,24). The van der Waals surface area contributed by atoms with Crippen LogP contribution in [0.25, 0.3) is 0 Å². The lowest BCUT2D eigenvalue weighted by atomic mass is 10.1. The molecule has 0 aliphatic rings. The molecular weight excluding hydrogens is 358 g/mol. The summed E-state index contributed by atoms with van der Waals surface area (Å²) in [7, 11) is 0. The van der Waals surface area contributed by atoms with Crippen LogP contribution in [0.3, 0.4) is 0 Å². The molecule has 0 fully saturated rings. The van der Waals surface area contributed by atoms with Crippen LogP contribution in [-0.2, 0) is 0 Å². The molecule has 28 heavy (non-hydrogen) atoms. The average Bonchev–Trinajstić information content (AvgIpc) is 2.66. The quantitative estimate of drug-likeness (QED) is 0.445. The van der Waals surface area contributed by atoms with Crippen molar-refractivity contribution in [1.29, 1.82) is 0 Å². The van der Waals surface area contributed by atoms with Gasteiger partial charge in [-0.05, 0) is 50.1 Å². The smallest absolute Gasteiger partial charge is 0.353 e. The molecule has 0 radical (unpaired) electrons. The normalized spacial score (nSPS) is 10.4. The SMILES string of the molecule is CCOc1ccccc1Nc1ncnc(Nc2cc(C)ccc2C)c1[N+](=O)[O-]. The minimum Gasteiger partial charge on any atom is -0.492 e. The first kappa shape index (κ1) is 19.1. The molecule has 0 spiro atoms. The van der Waals surface area contributed by atoms with E-state index in [1.165, 1.54) is 6.33 Å². The minimum absolute atomic E-state index is 0.0833. The minimum atomic E-state index is -0.501. The highest BCUT2D eigenvalue weighted by Gasteiger charge is 2.24. The van der Waals surface area contributed by atoms with Crippen LogP contribution in [0.2, 0.25) is 0 Å². The molecule has 0 unspecified atom stereocenters. The van der Waals surface area contributed by atoms with Gasteiger partial charge in [-0.2, -0.15) is 0 Å². The van der Waals surface area contributed by atoms with Gasteiger partial charge in [-0.15, -0.1) is 0 Å². The van der Waals surface area contributed by atoms with E-state index in [0.717, 1.165) is 16.8 Å². The summed E-state index contributed by atoms with van der Waals surface area (Å²) in [5.41, 5.74) is 3.09. The molecule has 2 aromatic carbocycles. The molecule has 1 aromatic heterocycles. The number of para-hydroxylation sites is 2. The highest BCUT2D eigenvalue weighted by molar-refractivity contribution is 5.78. The maximum Gasteiger partial charge on any atom is 0.353 e. The number of nitrogens with zero attached hydrogens (tertiary/aromatic N) is 3. The van der Waals surface area contributed by atoms with Crippen LogP contribution < -0.4 is 15.4 Å². The fraction of sp³-hybridized carbons (Fsp3) is 0.200. The fourth-order valence-corrected chi connectivity index (χ4v) is 2.71. The fourth-order valence-electron chi connectivity index (χ4n) is 2.71. The van der Waals surface area contributed by atoms with E-state index in [9.17, 15) is 10.1 Å². The van der Waals surface area contributed by atoms with Gasteiger partial charge in [0.2, 0.25) is 11.6 Å². The van der Waals surface area contributed by atoms with Crippen LogP contribution in [-0.4, -0.2) is 21.5 Å². The zero-order valence-electron chi connectivity index (χ0n) is 15.9. The van der Waals surface area contributed by atoms with Crippen molar-refractivity contribution in [2.24, 2.45) is 0 Å². The van der Waals surface area contributed by atoms with Crippen molar-refractivity contribution in [2.45, 2.75) is 20.8 Å². The molecule has 0 aliphatic heterocycles. The van der Waals surface area contributed by atoms with Crippen molar-refractivity contribution < 1.29 is 9.66 Å². The number of rotatable bonds is 7. The van der Waals surface area contributed by atoms with E-state index in [1.807, 2.05) is 51.1 Å². The first-order valence-electron chi connectivity index (χ1n) is 8.82. The molecule has 0 bridgehead atoms. The topological polar surface area (TPSA) is 102 Å². The van der Waals surface area contributed by atoms with Crippen molar-refractivity contribution in [3.05, 3.63) is 70.0 Å². The van der Waals surface area contributed by atoms with Gasteiger partial charge in [0.15, 0.2) is 0 Å². The van der Waals surface area contributed by atoms with Crippen LogP contribution in [0, 0.1) is 24.0 Å². The number of benzene rings is 2. The van der Waals surface area contributed by atoms with Crippen LogP contribution in [0.5, 0.6) is 5.75 Å². The summed E-state index contributed by atoms with van der Waals surface area (Å²) in [4.78, 5) is 19.5. The third-order valence-corrected chi connectivity index (χ3v) is 4.09. The largest absolute Gasteiger partial charge is 0.492 e. The van der Waals surface area contributed by atoms with Crippen molar-refractivity contribution in [2.75, 3.05) is 17.2 Å². The van der Waals surface area contributed by atoms with Crippen LogP contribution in [0.1, 0.15) is 18.1 Å². The Hall–Kier alpha value is -3.68. The lowest BCUT2D eigenvalue weighted by molar-refractivity contribution is -0.383. The summed E-state index contributed by atoms with van der Waals surface area (Å²) in [5, 5.41) is 17.9. The monoisotopic (exact) mass is 379 g/mol. The predicted molar refractivity (Wildman–Crippen MR) is 109 cm³/mol. The van der Waals surface area contributed by atoms with Gasteiger partial charge in [0.25, 0.3) is 0 Å². The highest BCUT2D eigenvalue weighted by atomic mass is 16.6. The second kappa shape index (κ2) is 8.34. The van der Waals surface area contributed by atoms with Crippen LogP contribution in [0.4, 0.5) is 28.7 Å². The third kappa shape index (κ3) is 4.17. The van der Waals surface area contributed by atoms with Gasteiger partial charge in [0.05, 0.1) is 17.2 Å². The zero-order chi connectivity index (χ0) is 20.1. The van der Waals surface area contributed by atoms with Crippen LogP contribution >= 0.6 is 0 Å². The number of ether oxygens (including phenoxy) is 1. The number of aryl methyl sites for hydroxylation is 2. The molecular formula is C20H21N5O3. The molecule has 144 valence electrons. The Kier molecular flexibility index (Phi) is 5.69. The number of aromatic nitrogens is 2. The van der Waals surface area contributed by atoms with Gasteiger partial charge in [0.1, 0.15) is 12.1 Å². The van der Waals surface area contributed by atoms with Gasteiger partial charge in [0, 0.05) is 5.69 Å². The highest BCUT2D eigenvalue weighted by Crippen LogP contribution is 2.36. The second-order valence-corrected chi connectivity index (χ2v) is 6.17. The molecule has 3 aromatic rings. The predicted octanol–water partition coefficient (Wildman–Crippen LogP) is 4.89. The molecule has 2 N–H and O–H groups in total. The number of anilines is 4. The molecule has 8 nitrogen and oxygen atoms in total. The average molecular weight is 379 g/mol. The van der Waals surface area contributed by atoms with Gasteiger partial charge in [-0.1, -0.05) is 24.3 Å². The maximum atomic E-state index is 11.8. The number of hydrogen-bond donors (Lipinski definition) is 2. The number of hydrogen-bond acceptors (Lipinski definition) is 7. The van der Waals surface area contributed by atoms with E-state index in [2.05, 4.69) is 20.6 Å². The van der Waals surface area contributed by atoms with Gasteiger partial charge in [-0.25, -0.2) is 9.97 Å². The molecule has 3 rings (SSSR count). The lowest BCUT2D eigenvalue weighted by Gasteiger charge is -2.14. The van der Waals surface area contributed by atoms with Gasteiger partial charge >= 0.3 is 5.69 Å². The number of nitro groups is 1.